The quantitative estimate of drug-likeness (QED) is 0.118. The minimum absolute atomic E-state index is 0.185. The Balaban J connectivity index is 1.12. The lowest BCUT2D eigenvalue weighted by atomic mass is 9.91. The highest BCUT2D eigenvalue weighted by molar-refractivity contribution is 7.26. The van der Waals surface area contributed by atoms with Crippen molar-refractivity contribution >= 4 is 50.9 Å². The smallest absolute Gasteiger partial charge is 0.338 e. The Morgan fingerprint density at radius 1 is 0.780 bits per heavy atom. The van der Waals surface area contributed by atoms with Gasteiger partial charge in [0.15, 0.2) is 28.4 Å². The summed E-state index contributed by atoms with van der Waals surface area (Å²) in [5, 5.41) is 4.72. The number of rotatable bonds is 7. The highest BCUT2D eigenvalue weighted by Crippen LogP contribution is 2.54. The number of methoxy groups -OCH3 is 1. The summed E-state index contributed by atoms with van der Waals surface area (Å²) in [4.78, 5) is 29.3. The van der Waals surface area contributed by atoms with Crippen LogP contribution in [0.3, 0.4) is 0 Å². The van der Waals surface area contributed by atoms with Gasteiger partial charge in [-0.15, -0.1) is 34.0 Å². The molecule has 0 radical (unpaired) electrons. The summed E-state index contributed by atoms with van der Waals surface area (Å²) >= 11 is 4.82. The molecule has 0 unspecified atom stereocenters. The van der Waals surface area contributed by atoms with E-state index in [1.165, 1.54) is 19.2 Å². The van der Waals surface area contributed by atoms with Crippen molar-refractivity contribution in [2.24, 2.45) is 0 Å². The molecule has 5 aromatic rings. The summed E-state index contributed by atoms with van der Waals surface area (Å²) in [6.07, 6.45) is 0. The van der Waals surface area contributed by atoms with Gasteiger partial charge in [-0.25, -0.2) is 4.79 Å². The SMILES string of the molecule is COC(=O)c1ccccc1-c1c2ccc(=O)cc-2oc2cc(OCc3cc(-c4scc5c4OCCO5)sc3-c3scc4c3OCCO4)ccc12. The van der Waals surface area contributed by atoms with E-state index < -0.39 is 5.97 Å². The van der Waals surface area contributed by atoms with E-state index in [-0.39, 0.29) is 12.0 Å². The van der Waals surface area contributed by atoms with Crippen LogP contribution in [0.5, 0.6) is 28.7 Å². The molecule has 50 heavy (non-hydrogen) atoms. The molecule has 3 aliphatic heterocycles. The molecule has 0 bridgehead atoms. The molecule has 0 saturated heterocycles. The molecule has 0 N–H and O–H groups in total. The van der Waals surface area contributed by atoms with Crippen LogP contribution in [0, 0.1) is 0 Å². The molecule has 12 heteroatoms. The van der Waals surface area contributed by atoms with E-state index in [1.54, 1.807) is 52.2 Å². The Bertz CT molecular complexity index is 2450. The first-order chi connectivity index (χ1) is 24.6. The third-order valence-corrected chi connectivity index (χ3v) is 11.9. The summed E-state index contributed by atoms with van der Waals surface area (Å²) in [5.41, 5.74) is 3.83. The van der Waals surface area contributed by atoms with Gasteiger partial charge in [0.2, 0.25) is 0 Å². The average molecular weight is 723 g/mol. The number of ether oxygens (including phenoxy) is 6. The largest absolute Gasteiger partial charge is 0.489 e. The van der Waals surface area contributed by atoms with Gasteiger partial charge in [-0.3, -0.25) is 4.79 Å². The molecule has 6 heterocycles. The van der Waals surface area contributed by atoms with Crippen molar-refractivity contribution in [1.29, 1.82) is 0 Å². The second-order valence-electron chi connectivity index (χ2n) is 11.5. The van der Waals surface area contributed by atoms with Crippen LogP contribution in [0.15, 0.2) is 86.7 Å². The van der Waals surface area contributed by atoms with Crippen molar-refractivity contribution in [3.8, 4) is 70.7 Å². The highest BCUT2D eigenvalue weighted by Gasteiger charge is 2.28. The van der Waals surface area contributed by atoms with Gasteiger partial charge in [0, 0.05) is 49.8 Å². The predicted octanol–water partition coefficient (Wildman–Crippen LogP) is 8.99. The molecule has 9 nitrogen and oxygen atoms in total. The molecule has 3 aromatic heterocycles. The Hall–Kier alpha value is -5.30. The third-order valence-electron chi connectivity index (χ3n) is 8.50. The molecule has 0 amide bonds. The standard InChI is InChI=1S/C38H26O9S3/c1-41-38(40)24-5-3-2-4-23(24)32-25-8-6-21(39)15-27(25)47-28-16-22(7-9-26(28)32)46-17-20-14-31(36-33-29(18-48-36)42-10-12-44-33)50-35(20)37-34-30(19-49-37)43-11-13-45-34/h2-9,14-16,18-19H,10-13,17H2,1H3. The zero-order valence-corrected chi connectivity index (χ0v) is 28.9. The van der Waals surface area contributed by atoms with E-state index in [9.17, 15) is 9.59 Å². The van der Waals surface area contributed by atoms with Crippen LogP contribution in [-0.2, 0) is 11.3 Å². The summed E-state index contributed by atoms with van der Waals surface area (Å²) < 4.78 is 41.7. The Labute approximate surface area is 297 Å². The molecule has 9 rings (SSSR count). The maximum absolute atomic E-state index is 12.8. The molecule has 0 spiro atoms. The van der Waals surface area contributed by atoms with E-state index in [1.807, 2.05) is 41.1 Å². The van der Waals surface area contributed by atoms with Crippen LogP contribution >= 0.6 is 34.0 Å². The first kappa shape index (κ1) is 30.7. The molecular formula is C38H26O9S3. The normalized spacial score (nSPS) is 13.5. The second kappa shape index (κ2) is 12.5. The molecule has 250 valence electrons. The Morgan fingerprint density at radius 2 is 1.52 bits per heavy atom. The van der Waals surface area contributed by atoms with Gasteiger partial charge in [0.25, 0.3) is 0 Å². The number of thiophene rings is 3. The van der Waals surface area contributed by atoms with Crippen LogP contribution in [0.2, 0.25) is 0 Å². The number of fused-ring (bicyclic) bond motifs is 4. The van der Waals surface area contributed by atoms with Crippen molar-refractivity contribution < 1.29 is 37.6 Å². The number of carbonyl (C=O) groups is 1. The number of hydrogen-bond donors (Lipinski definition) is 0. The number of carbonyl (C=O) groups excluding carboxylic acids is 1. The first-order valence-electron chi connectivity index (χ1n) is 15.7. The minimum Gasteiger partial charge on any atom is -0.489 e. The van der Waals surface area contributed by atoms with Crippen LogP contribution < -0.4 is 29.1 Å². The summed E-state index contributed by atoms with van der Waals surface area (Å²) in [5.74, 6) is 3.54. The van der Waals surface area contributed by atoms with Crippen LogP contribution in [-0.4, -0.2) is 39.5 Å². The number of esters is 1. The molecule has 2 aromatic carbocycles. The maximum Gasteiger partial charge on any atom is 0.338 e. The van der Waals surface area contributed by atoms with Crippen molar-refractivity contribution in [3.05, 3.63) is 98.8 Å². The summed E-state index contributed by atoms with van der Waals surface area (Å²) in [6, 6.07) is 19.7. The average Bonchev–Trinajstić information content (AvgIpc) is 3.89. The van der Waals surface area contributed by atoms with Crippen molar-refractivity contribution in [2.75, 3.05) is 33.5 Å². The van der Waals surface area contributed by atoms with Crippen molar-refractivity contribution in [1.82, 2.24) is 0 Å². The number of hydrogen-bond acceptors (Lipinski definition) is 12. The van der Waals surface area contributed by atoms with Gasteiger partial charge < -0.3 is 32.8 Å². The first-order valence-corrected chi connectivity index (χ1v) is 18.3. The zero-order chi connectivity index (χ0) is 33.8. The monoisotopic (exact) mass is 722 g/mol. The van der Waals surface area contributed by atoms with E-state index >= 15 is 0 Å². The van der Waals surface area contributed by atoms with Gasteiger partial charge in [-0.1, -0.05) is 18.2 Å². The highest BCUT2D eigenvalue weighted by atomic mass is 32.1. The minimum atomic E-state index is -0.458. The molecule has 1 aliphatic carbocycles. The Kier molecular flexibility index (Phi) is 7.71. The topological polar surface area (TPSA) is 103 Å². The molecule has 0 saturated carbocycles. The van der Waals surface area contributed by atoms with E-state index in [2.05, 4.69) is 6.07 Å². The van der Waals surface area contributed by atoms with Gasteiger partial charge in [0.1, 0.15) is 50.1 Å². The molecular weight excluding hydrogens is 697 g/mol. The van der Waals surface area contributed by atoms with E-state index in [0.29, 0.717) is 60.2 Å². The third kappa shape index (κ3) is 5.27. The lowest BCUT2D eigenvalue weighted by Gasteiger charge is -2.17. The zero-order valence-electron chi connectivity index (χ0n) is 26.4. The van der Waals surface area contributed by atoms with Crippen molar-refractivity contribution in [3.63, 3.8) is 0 Å². The van der Waals surface area contributed by atoms with Crippen molar-refractivity contribution in [2.45, 2.75) is 6.61 Å². The van der Waals surface area contributed by atoms with Crippen LogP contribution in [0.25, 0.3) is 52.9 Å². The van der Waals surface area contributed by atoms with Crippen LogP contribution in [0.1, 0.15) is 15.9 Å². The van der Waals surface area contributed by atoms with Crippen LogP contribution in [0.4, 0.5) is 0 Å². The molecule has 0 atom stereocenters. The summed E-state index contributed by atoms with van der Waals surface area (Å²) in [7, 11) is 1.36. The fourth-order valence-electron chi connectivity index (χ4n) is 6.27. The number of benzene rings is 3. The van der Waals surface area contributed by atoms with Gasteiger partial charge >= 0.3 is 5.97 Å². The predicted molar refractivity (Wildman–Crippen MR) is 193 cm³/mol. The Morgan fingerprint density at radius 3 is 2.32 bits per heavy atom. The van der Waals surface area contributed by atoms with Gasteiger partial charge in [-0.05, 0) is 42.0 Å². The van der Waals surface area contributed by atoms with Gasteiger partial charge in [0.05, 0.1) is 27.3 Å². The summed E-state index contributed by atoms with van der Waals surface area (Å²) in [6.45, 7) is 2.29. The van der Waals surface area contributed by atoms with E-state index in [4.69, 9.17) is 32.8 Å². The lowest BCUT2D eigenvalue weighted by molar-refractivity contribution is 0.0601. The van der Waals surface area contributed by atoms with E-state index in [0.717, 1.165) is 59.0 Å². The fourth-order valence-corrected chi connectivity index (χ4v) is 9.60. The lowest BCUT2D eigenvalue weighted by Crippen LogP contribution is -2.14. The molecule has 4 aliphatic rings. The van der Waals surface area contributed by atoms with Gasteiger partial charge in [-0.2, -0.15) is 0 Å². The second-order valence-corrected chi connectivity index (χ2v) is 14.3. The fraction of sp³-hybridized carbons (Fsp3) is 0.158. The molecule has 0 fully saturated rings. The maximum atomic E-state index is 12.8.